The van der Waals surface area contributed by atoms with E-state index in [4.69, 9.17) is 9.47 Å². The molecule has 1 aromatic carbocycles. The molecule has 5 nitrogen and oxygen atoms in total. The van der Waals surface area contributed by atoms with Crippen molar-refractivity contribution in [3.8, 4) is 11.5 Å². The van der Waals surface area contributed by atoms with Crippen LogP contribution in [-0.4, -0.2) is 38.3 Å². The summed E-state index contributed by atoms with van der Waals surface area (Å²) in [5.41, 5.74) is 0. The molecule has 3 unspecified atom stereocenters. The molecule has 1 aliphatic heterocycles. The van der Waals surface area contributed by atoms with Crippen molar-refractivity contribution in [3.05, 3.63) is 24.3 Å². The molecule has 2 N–H and O–H groups in total. The van der Waals surface area contributed by atoms with Crippen LogP contribution < -0.4 is 20.1 Å². The van der Waals surface area contributed by atoms with Crippen LogP contribution in [0.15, 0.2) is 24.3 Å². The van der Waals surface area contributed by atoms with Gasteiger partial charge >= 0.3 is 0 Å². The van der Waals surface area contributed by atoms with Gasteiger partial charge in [0.2, 0.25) is 5.91 Å². The number of methoxy groups -OCH3 is 1. The first kappa shape index (κ1) is 17.1. The van der Waals surface area contributed by atoms with E-state index in [1.54, 1.807) is 7.11 Å². The highest BCUT2D eigenvalue weighted by atomic mass is 16.5. The number of amides is 1. The van der Waals surface area contributed by atoms with Crippen LogP contribution in [0.5, 0.6) is 11.5 Å². The standard InChI is InChI=1S/C19H28N2O3/c1-23-15-7-9-16(10-8-15)24-12-4-11-20-19(22)18-13-14-5-2-3-6-17(14)21-18/h7-10,14,17-18,21H,2-6,11-13H2,1H3,(H,20,22). The van der Waals surface area contributed by atoms with Crippen molar-refractivity contribution < 1.29 is 14.3 Å². The van der Waals surface area contributed by atoms with Crippen molar-refractivity contribution in [3.63, 3.8) is 0 Å². The molecular weight excluding hydrogens is 304 g/mol. The van der Waals surface area contributed by atoms with Crippen molar-refractivity contribution in [2.45, 2.75) is 50.6 Å². The normalized spacial score (nSPS) is 25.8. The summed E-state index contributed by atoms with van der Waals surface area (Å²) in [6.45, 7) is 1.25. The van der Waals surface area contributed by atoms with Gasteiger partial charge in [-0.1, -0.05) is 12.8 Å². The molecule has 0 radical (unpaired) electrons. The zero-order valence-electron chi connectivity index (χ0n) is 14.4. The Morgan fingerprint density at radius 1 is 1.21 bits per heavy atom. The summed E-state index contributed by atoms with van der Waals surface area (Å²) in [5, 5.41) is 6.55. The first-order valence-corrected chi connectivity index (χ1v) is 9.07. The van der Waals surface area contributed by atoms with Crippen molar-refractivity contribution in [2.24, 2.45) is 5.92 Å². The summed E-state index contributed by atoms with van der Waals surface area (Å²) in [6.07, 6.45) is 6.92. The van der Waals surface area contributed by atoms with Crippen LogP contribution in [-0.2, 0) is 4.79 Å². The van der Waals surface area contributed by atoms with E-state index >= 15 is 0 Å². The van der Waals surface area contributed by atoms with Crippen LogP contribution in [0.1, 0.15) is 38.5 Å². The molecule has 1 aliphatic carbocycles. The molecule has 1 saturated heterocycles. The molecular formula is C19H28N2O3. The van der Waals surface area contributed by atoms with Gasteiger partial charge in [0, 0.05) is 12.6 Å². The number of fused-ring (bicyclic) bond motifs is 1. The molecule has 24 heavy (non-hydrogen) atoms. The fourth-order valence-electron chi connectivity index (χ4n) is 3.79. The van der Waals surface area contributed by atoms with Crippen LogP contribution in [0.3, 0.4) is 0 Å². The van der Waals surface area contributed by atoms with Gasteiger partial charge in [-0.05, 0) is 55.9 Å². The third-order valence-corrected chi connectivity index (χ3v) is 5.13. The van der Waals surface area contributed by atoms with E-state index in [1.165, 1.54) is 25.7 Å². The second kappa shape index (κ2) is 8.38. The first-order valence-electron chi connectivity index (χ1n) is 9.07. The van der Waals surface area contributed by atoms with Crippen molar-refractivity contribution in [2.75, 3.05) is 20.3 Å². The summed E-state index contributed by atoms with van der Waals surface area (Å²) in [7, 11) is 1.65. The first-order chi connectivity index (χ1) is 11.8. The lowest BCUT2D eigenvalue weighted by Crippen LogP contribution is -2.43. The summed E-state index contributed by atoms with van der Waals surface area (Å²) in [6, 6.07) is 8.10. The predicted octanol–water partition coefficient (Wildman–Crippen LogP) is 2.50. The highest BCUT2D eigenvalue weighted by molar-refractivity contribution is 5.82. The maximum Gasteiger partial charge on any atom is 0.237 e. The summed E-state index contributed by atoms with van der Waals surface area (Å²) < 4.78 is 10.8. The van der Waals surface area contributed by atoms with Crippen molar-refractivity contribution in [1.29, 1.82) is 0 Å². The molecule has 2 aliphatic rings. The fourth-order valence-corrected chi connectivity index (χ4v) is 3.79. The van der Waals surface area contributed by atoms with Gasteiger partial charge in [-0.2, -0.15) is 0 Å². The minimum absolute atomic E-state index is 0.000562. The third kappa shape index (κ3) is 4.41. The van der Waals surface area contributed by atoms with Gasteiger partial charge < -0.3 is 20.1 Å². The Labute approximate surface area is 144 Å². The lowest BCUT2D eigenvalue weighted by atomic mass is 9.85. The van der Waals surface area contributed by atoms with Gasteiger partial charge in [0.15, 0.2) is 0 Å². The Morgan fingerprint density at radius 2 is 1.96 bits per heavy atom. The molecule has 132 valence electrons. The largest absolute Gasteiger partial charge is 0.497 e. The SMILES string of the molecule is COc1ccc(OCCCNC(=O)C2CC3CCCCC3N2)cc1. The average Bonchev–Trinajstić information content (AvgIpc) is 3.06. The Morgan fingerprint density at radius 3 is 2.71 bits per heavy atom. The number of carbonyl (C=O) groups excluding carboxylic acids is 1. The molecule has 1 aromatic rings. The molecule has 5 heteroatoms. The zero-order chi connectivity index (χ0) is 16.8. The van der Waals surface area contributed by atoms with Gasteiger partial charge in [-0.25, -0.2) is 0 Å². The molecule has 1 saturated carbocycles. The Balaban J connectivity index is 1.31. The number of hydrogen-bond donors (Lipinski definition) is 2. The van der Waals surface area contributed by atoms with E-state index in [1.807, 2.05) is 24.3 Å². The summed E-state index contributed by atoms with van der Waals surface area (Å²) in [4.78, 5) is 12.3. The van der Waals surface area contributed by atoms with E-state index in [-0.39, 0.29) is 11.9 Å². The quantitative estimate of drug-likeness (QED) is 0.753. The lowest BCUT2D eigenvalue weighted by molar-refractivity contribution is -0.122. The maximum absolute atomic E-state index is 12.3. The maximum atomic E-state index is 12.3. The number of ether oxygens (including phenoxy) is 2. The average molecular weight is 332 g/mol. The Kier molecular flexibility index (Phi) is 5.96. The highest BCUT2D eigenvalue weighted by Gasteiger charge is 2.37. The van der Waals surface area contributed by atoms with Gasteiger partial charge in [0.05, 0.1) is 19.8 Å². The number of benzene rings is 1. The van der Waals surface area contributed by atoms with Crippen molar-refractivity contribution in [1.82, 2.24) is 10.6 Å². The van der Waals surface area contributed by atoms with E-state index in [2.05, 4.69) is 10.6 Å². The van der Waals surface area contributed by atoms with Crippen molar-refractivity contribution >= 4 is 5.91 Å². The minimum atomic E-state index is 0.000562. The molecule has 3 rings (SSSR count). The van der Waals surface area contributed by atoms with Gasteiger partial charge in [-0.15, -0.1) is 0 Å². The van der Waals surface area contributed by atoms with Gasteiger partial charge in [-0.3, -0.25) is 4.79 Å². The molecule has 1 amide bonds. The predicted molar refractivity (Wildman–Crippen MR) is 93.4 cm³/mol. The van der Waals surface area contributed by atoms with Crippen LogP contribution in [0.4, 0.5) is 0 Å². The molecule has 0 aromatic heterocycles. The number of rotatable bonds is 7. The number of carbonyl (C=O) groups is 1. The van der Waals surface area contributed by atoms with Gasteiger partial charge in [0.1, 0.15) is 11.5 Å². The summed E-state index contributed by atoms with van der Waals surface area (Å²) in [5.74, 6) is 2.49. The Bertz CT molecular complexity index is 518. The fraction of sp³-hybridized carbons (Fsp3) is 0.632. The van der Waals surface area contributed by atoms with E-state index < -0.39 is 0 Å². The second-order valence-electron chi connectivity index (χ2n) is 6.77. The van der Waals surface area contributed by atoms with Crippen LogP contribution in [0, 0.1) is 5.92 Å². The molecule has 0 spiro atoms. The lowest BCUT2D eigenvalue weighted by Gasteiger charge is -2.24. The topological polar surface area (TPSA) is 59.6 Å². The van der Waals surface area contributed by atoms with Crippen LogP contribution >= 0.6 is 0 Å². The number of nitrogens with one attached hydrogen (secondary N) is 2. The second-order valence-corrected chi connectivity index (χ2v) is 6.77. The molecule has 2 fully saturated rings. The summed E-state index contributed by atoms with van der Waals surface area (Å²) >= 11 is 0. The Hall–Kier alpha value is -1.75. The van der Waals surface area contributed by atoms with Crippen LogP contribution in [0.25, 0.3) is 0 Å². The molecule has 0 bridgehead atoms. The monoisotopic (exact) mass is 332 g/mol. The van der Waals surface area contributed by atoms with E-state index in [0.29, 0.717) is 25.1 Å². The zero-order valence-corrected chi connectivity index (χ0v) is 14.4. The molecule has 3 atom stereocenters. The van der Waals surface area contributed by atoms with E-state index in [9.17, 15) is 4.79 Å². The smallest absolute Gasteiger partial charge is 0.237 e. The highest BCUT2D eigenvalue weighted by Crippen LogP contribution is 2.33. The van der Waals surface area contributed by atoms with Gasteiger partial charge in [0.25, 0.3) is 0 Å². The van der Waals surface area contributed by atoms with Crippen LogP contribution in [0.2, 0.25) is 0 Å². The third-order valence-electron chi connectivity index (χ3n) is 5.13. The molecule has 1 heterocycles. The van der Waals surface area contributed by atoms with E-state index in [0.717, 1.165) is 24.3 Å². The minimum Gasteiger partial charge on any atom is -0.497 e. The number of hydrogen-bond acceptors (Lipinski definition) is 4.